The van der Waals surface area contributed by atoms with E-state index in [2.05, 4.69) is 42.7 Å². The number of nitrogens with zero attached hydrogens (tertiary/aromatic N) is 1. The largest absolute Gasteiger partial charge is 0.206 e. The Hall–Kier alpha value is -4.39. The van der Waals surface area contributed by atoms with Crippen molar-refractivity contribution in [3.63, 3.8) is 0 Å². The summed E-state index contributed by atoms with van der Waals surface area (Å²) in [4.78, 5) is 0. The van der Waals surface area contributed by atoms with Gasteiger partial charge in [-0.05, 0) is 72.3 Å². The molecular formula is C33H25F2N. The Morgan fingerprint density at radius 2 is 1.33 bits per heavy atom. The summed E-state index contributed by atoms with van der Waals surface area (Å²) in [6.07, 6.45) is 6.11. The predicted molar refractivity (Wildman–Crippen MR) is 141 cm³/mol. The van der Waals surface area contributed by atoms with Gasteiger partial charge in [0.2, 0.25) is 0 Å². The van der Waals surface area contributed by atoms with Crippen molar-refractivity contribution in [3.05, 3.63) is 118 Å². The van der Waals surface area contributed by atoms with Crippen LogP contribution in [0.15, 0.2) is 72.8 Å². The summed E-state index contributed by atoms with van der Waals surface area (Å²) in [6.45, 7) is 2.22. The van der Waals surface area contributed by atoms with Gasteiger partial charge in [0.15, 0.2) is 0 Å². The lowest BCUT2D eigenvalue weighted by molar-refractivity contribution is 0.623. The van der Waals surface area contributed by atoms with Crippen molar-refractivity contribution >= 4 is 10.8 Å². The first kappa shape index (κ1) is 24.7. The topological polar surface area (TPSA) is 23.8 Å². The lowest BCUT2D eigenvalue weighted by Gasteiger charge is -2.03. The maximum Gasteiger partial charge on any atom is 0.146 e. The molecule has 3 heteroatoms. The van der Waals surface area contributed by atoms with Gasteiger partial charge in [0.05, 0.1) is 11.1 Å². The van der Waals surface area contributed by atoms with E-state index in [-0.39, 0.29) is 11.1 Å². The first-order chi connectivity index (χ1) is 17.6. The third kappa shape index (κ3) is 6.18. The quantitative estimate of drug-likeness (QED) is 0.213. The number of rotatable bonds is 5. The normalized spacial score (nSPS) is 10.2. The molecule has 0 aliphatic rings. The Morgan fingerprint density at radius 1 is 0.667 bits per heavy atom. The monoisotopic (exact) mass is 473 g/mol. The molecule has 4 aromatic rings. The van der Waals surface area contributed by atoms with Gasteiger partial charge < -0.3 is 0 Å². The van der Waals surface area contributed by atoms with Gasteiger partial charge in [-0.3, -0.25) is 0 Å². The van der Waals surface area contributed by atoms with Crippen LogP contribution in [-0.4, -0.2) is 0 Å². The van der Waals surface area contributed by atoms with Crippen molar-refractivity contribution in [3.8, 4) is 29.8 Å². The number of benzene rings is 4. The summed E-state index contributed by atoms with van der Waals surface area (Å²) in [7, 11) is 0. The zero-order chi connectivity index (χ0) is 25.3. The first-order valence-corrected chi connectivity index (χ1v) is 12.1. The van der Waals surface area contributed by atoms with Gasteiger partial charge in [0.1, 0.15) is 17.7 Å². The molecular weight excluding hydrogens is 448 g/mol. The van der Waals surface area contributed by atoms with Crippen molar-refractivity contribution in [2.75, 3.05) is 0 Å². The molecule has 0 heterocycles. The number of aryl methyl sites for hydroxylation is 1. The summed E-state index contributed by atoms with van der Waals surface area (Å²) in [5, 5.41) is 10.0. The van der Waals surface area contributed by atoms with Crippen LogP contribution in [0.4, 0.5) is 8.78 Å². The van der Waals surface area contributed by atoms with Gasteiger partial charge in [-0.15, -0.1) is 0 Å². The average molecular weight is 474 g/mol. The zero-order valence-electron chi connectivity index (χ0n) is 20.2. The fourth-order valence-electron chi connectivity index (χ4n) is 3.94. The number of nitriles is 1. The zero-order valence-corrected chi connectivity index (χ0v) is 20.2. The highest BCUT2D eigenvalue weighted by Gasteiger charge is 2.07. The number of hydrogen-bond donors (Lipinski definition) is 0. The molecule has 0 N–H and O–H groups in total. The van der Waals surface area contributed by atoms with Crippen LogP contribution < -0.4 is 0 Å². The van der Waals surface area contributed by atoms with Crippen LogP contribution in [0.1, 0.15) is 66.0 Å². The minimum Gasteiger partial charge on any atom is -0.206 e. The Bertz CT molecular complexity index is 1550. The second-order valence-electron chi connectivity index (χ2n) is 8.68. The second-order valence-corrected chi connectivity index (χ2v) is 8.68. The number of unbranched alkanes of at least 4 members (excludes halogenated alkanes) is 3. The van der Waals surface area contributed by atoms with Crippen LogP contribution in [0.2, 0.25) is 0 Å². The molecule has 4 aromatic carbocycles. The lowest BCUT2D eigenvalue weighted by atomic mass is 10.0. The molecule has 0 saturated heterocycles. The van der Waals surface area contributed by atoms with Gasteiger partial charge >= 0.3 is 0 Å². The van der Waals surface area contributed by atoms with E-state index in [4.69, 9.17) is 5.26 Å². The first-order valence-electron chi connectivity index (χ1n) is 12.1. The van der Waals surface area contributed by atoms with E-state index in [1.807, 2.05) is 18.2 Å². The number of fused-ring (bicyclic) bond motifs is 1. The van der Waals surface area contributed by atoms with E-state index >= 15 is 4.39 Å². The Kier molecular flexibility index (Phi) is 8.13. The summed E-state index contributed by atoms with van der Waals surface area (Å²) >= 11 is 0. The van der Waals surface area contributed by atoms with Gasteiger partial charge in [-0.2, -0.15) is 5.26 Å². The molecule has 0 bridgehead atoms. The summed E-state index contributed by atoms with van der Waals surface area (Å²) in [6, 6.07) is 23.0. The molecule has 0 aliphatic carbocycles. The Balaban J connectivity index is 1.49. The maximum atomic E-state index is 15.1. The molecule has 0 spiro atoms. The third-order valence-electron chi connectivity index (χ3n) is 6.01. The van der Waals surface area contributed by atoms with E-state index in [0.717, 1.165) is 22.9 Å². The average Bonchev–Trinajstić information content (AvgIpc) is 2.90. The van der Waals surface area contributed by atoms with Crippen molar-refractivity contribution in [1.82, 2.24) is 0 Å². The molecule has 0 radical (unpaired) electrons. The lowest BCUT2D eigenvalue weighted by Crippen LogP contribution is -1.89. The summed E-state index contributed by atoms with van der Waals surface area (Å²) < 4.78 is 28.8. The van der Waals surface area contributed by atoms with Crippen LogP contribution in [0.5, 0.6) is 0 Å². The van der Waals surface area contributed by atoms with E-state index in [1.54, 1.807) is 36.4 Å². The molecule has 0 amide bonds. The molecule has 176 valence electrons. The Labute approximate surface area is 211 Å². The standard InChI is InChI=1S/C33H25F2N/c1-2-3-4-5-6-24-7-9-25(10-8-24)11-12-26-15-20-31-29(21-26)19-18-28(33(31)35)16-13-27-14-17-30(23-36)32(34)22-27/h7-10,14-15,17-22H,2-6H2,1H3. The van der Waals surface area contributed by atoms with Crippen LogP contribution in [0.3, 0.4) is 0 Å². The van der Waals surface area contributed by atoms with E-state index in [0.29, 0.717) is 10.9 Å². The van der Waals surface area contributed by atoms with Gasteiger partial charge in [0, 0.05) is 22.1 Å². The number of hydrogen-bond acceptors (Lipinski definition) is 1. The highest BCUT2D eigenvalue weighted by atomic mass is 19.1. The van der Waals surface area contributed by atoms with Gasteiger partial charge in [-0.25, -0.2) is 8.78 Å². The molecule has 4 rings (SSSR count). The predicted octanol–water partition coefficient (Wildman–Crippen LogP) is 7.91. The van der Waals surface area contributed by atoms with Crippen molar-refractivity contribution < 1.29 is 8.78 Å². The molecule has 0 aromatic heterocycles. The van der Waals surface area contributed by atoms with Crippen molar-refractivity contribution in [2.24, 2.45) is 0 Å². The highest BCUT2D eigenvalue weighted by molar-refractivity contribution is 5.86. The van der Waals surface area contributed by atoms with Crippen LogP contribution in [-0.2, 0) is 6.42 Å². The van der Waals surface area contributed by atoms with Crippen molar-refractivity contribution in [2.45, 2.75) is 39.0 Å². The van der Waals surface area contributed by atoms with Crippen LogP contribution in [0.25, 0.3) is 10.8 Å². The van der Waals surface area contributed by atoms with Crippen LogP contribution >= 0.6 is 0 Å². The minimum absolute atomic E-state index is 0.0499. The van der Waals surface area contributed by atoms with Crippen molar-refractivity contribution in [1.29, 1.82) is 5.26 Å². The molecule has 36 heavy (non-hydrogen) atoms. The van der Waals surface area contributed by atoms with Crippen LogP contribution in [0, 0.1) is 46.6 Å². The van der Waals surface area contributed by atoms with E-state index < -0.39 is 11.6 Å². The SMILES string of the molecule is CCCCCCc1ccc(C#Cc2ccc3c(F)c(C#Cc4ccc(C#N)c(F)c4)ccc3c2)cc1. The molecule has 0 atom stereocenters. The molecule has 0 saturated carbocycles. The number of halogens is 2. The molecule has 0 fully saturated rings. The molecule has 0 unspecified atom stereocenters. The fourth-order valence-corrected chi connectivity index (χ4v) is 3.94. The molecule has 1 nitrogen and oxygen atoms in total. The third-order valence-corrected chi connectivity index (χ3v) is 6.01. The van der Waals surface area contributed by atoms with Gasteiger partial charge in [-0.1, -0.05) is 74.1 Å². The summed E-state index contributed by atoms with van der Waals surface area (Å²) in [5.41, 5.74) is 3.63. The molecule has 0 aliphatic heterocycles. The maximum absolute atomic E-state index is 15.1. The summed E-state index contributed by atoms with van der Waals surface area (Å²) in [5.74, 6) is 10.8. The van der Waals surface area contributed by atoms with E-state index in [1.165, 1.54) is 43.4 Å². The second kappa shape index (κ2) is 11.8. The Morgan fingerprint density at radius 3 is 2.08 bits per heavy atom. The smallest absolute Gasteiger partial charge is 0.146 e. The minimum atomic E-state index is -0.643. The van der Waals surface area contributed by atoms with E-state index in [9.17, 15) is 4.39 Å². The fraction of sp³-hybridized carbons (Fsp3) is 0.182. The highest BCUT2D eigenvalue weighted by Crippen LogP contribution is 2.22. The van der Waals surface area contributed by atoms with Gasteiger partial charge in [0.25, 0.3) is 0 Å².